The summed E-state index contributed by atoms with van der Waals surface area (Å²) in [6, 6.07) is 0. The second-order valence-corrected chi connectivity index (χ2v) is 9.70. The van der Waals surface area contributed by atoms with E-state index in [0.29, 0.717) is 17.6 Å². The molecule has 2 unspecified atom stereocenters. The van der Waals surface area contributed by atoms with E-state index in [4.69, 9.17) is 9.47 Å². The van der Waals surface area contributed by atoms with Crippen LogP contribution in [0.5, 0.6) is 0 Å². The summed E-state index contributed by atoms with van der Waals surface area (Å²) in [5.41, 5.74) is 4.00. The standard InChI is InChI=1S/C25H32O4/c1-15(28-16(2)26)21-8-9-22-20-7-6-18-14-19(29-17(3)27)10-12-24(18,4)23(20)11-13-25(21,22)5/h7-9,18-19,23H,1,6,10-14H2,2-5H3/t18?,19?,23-,24-,25+/m0/s1. The average Bonchev–Trinajstić information content (AvgIpc) is 2.98. The quantitative estimate of drug-likeness (QED) is 0.472. The Morgan fingerprint density at radius 3 is 2.55 bits per heavy atom. The van der Waals surface area contributed by atoms with Gasteiger partial charge in [0.1, 0.15) is 11.9 Å². The molecule has 0 heterocycles. The van der Waals surface area contributed by atoms with Crippen molar-refractivity contribution >= 4 is 11.9 Å². The monoisotopic (exact) mass is 396 g/mol. The molecule has 4 rings (SSSR count). The summed E-state index contributed by atoms with van der Waals surface area (Å²) < 4.78 is 10.9. The topological polar surface area (TPSA) is 52.6 Å². The molecule has 29 heavy (non-hydrogen) atoms. The number of esters is 2. The number of ether oxygens (including phenoxy) is 2. The summed E-state index contributed by atoms with van der Waals surface area (Å²) in [6.07, 6.45) is 13.0. The Balaban J connectivity index is 1.58. The molecule has 0 aromatic carbocycles. The van der Waals surface area contributed by atoms with Crippen molar-refractivity contribution < 1.29 is 19.1 Å². The van der Waals surface area contributed by atoms with E-state index < -0.39 is 0 Å². The molecule has 4 aliphatic carbocycles. The lowest BCUT2D eigenvalue weighted by molar-refractivity contribution is -0.151. The maximum absolute atomic E-state index is 11.4. The van der Waals surface area contributed by atoms with E-state index in [0.717, 1.165) is 44.1 Å². The minimum atomic E-state index is -0.321. The van der Waals surface area contributed by atoms with Gasteiger partial charge < -0.3 is 9.47 Å². The smallest absolute Gasteiger partial charge is 0.308 e. The first-order valence-corrected chi connectivity index (χ1v) is 10.8. The van der Waals surface area contributed by atoms with Crippen LogP contribution in [0.25, 0.3) is 0 Å². The second kappa shape index (κ2) is 7.00. The molecule has 0 saturated heterocycles. The van der Waals surface area contributed by atoms with Gasteiger partial charge in [0.25, 0.3) is 0 Å². The van der Waals surface area contributed by atoms with Crippen molar-refractivity contribution in [1.82, 2.24) is 0 Å². The zero-order chi connectivity index (χ0) is 21.0. The van der Waals surface area contributed by atoms with Crippen LogP contribution in [0.2, 0.25) is 0 Å². The van der Waals surface area contributed by atoms with E-state index in [1.165, 1.54) is 25.0 Å². The van der Waals surface area contributed by atoms with Gasteiger partial charge in [-0.1, -0.05) is 38.7 Å². The second-order valence-electron chi connectivity index (χ2n) is 9.70. The Kier molecular flexibility index (Phi) is 4.87. The van der Waals surface area contributed by atoms with Crippen molar-refractivity contribution in [1.29, 1.82) is 0 Å². The van der Waals surface area contributed by atoms with Gasteiger partial charge in [-0.25, -0.2) is 0 Å². The molecule has 0 spiro atoms. The van der Waals surface area contributed by atoms with Crippen LogP contribution in [0.15, 0.2) is 47.3 Å². The molecule has 0 aromatic heterocycles. The van der Waals surface area contributed by atoms with E-state index in [2.05, 4.69) is 38.7 Å². The number of rotatable bonds is 3. The lowest BCUT2D eigenvalue weighted by atomic mass is 9.49. The highest BCUT2D eigenvalue weighted by molar-refractivity contribution is 5.69. The third-order valence-electron chi connectivity index (χ3n) is 8.03. The molecule has 0 radical (unpaired) electrons. The van der Waals surface area contributed by atoms with E-state index in [1.807, 2.05) is 0 Å². The summed E-state index contributed by atoms with van der Waals surface area (Å²) in [5, 5.41) is 0. The average molecular weight is 397 g/mol. The van der Waals surface area contributed by atoms with E-state index in [-0.39, 0.29) is 28.9 Å². The minimum absolute atomic E-state index is 0.0698. The van der Waals surface area contributed by atoms with Crippen LogP contribution in [-0.4, -0.2) is 18.0 Å². The van der Waals surface area contributed by atoms with Gasteiger partial charge in [0, 0.05) is 24.8 Å². The molecule has 0 bridgehead atoms. The Morgan fingerprint density at radius 2 is 1.86 bits per heavy atom. The molecule has 2 fully saturated rings. The van der Waals surface area contributed by atoms with E-state index in [1.54, 1.807) is 0 Å². The Morgan fingerprint density at radius 1 is 1.10 bits per heavy atom. The summed E-state index contributed by atoms with van der Waals surface area (Å²) in [4.78, 5) is 22.8. The SMILES string of the molecule is C=C(OC(C)=O)C1=CC=C2C3=CCC4CC(OC(C)=O)CC[C@]4(C)[C@H]3CC[C@]12C. The Hall–Kier alpha value is -2.10. The Bertz CT molecular complexity index is 860. The zero-order valence-electron chi connectivity index (χ0n) is 18.0. The van der Waals surface area contributed by atoms with Gasteiger partial charge in [0.05, 0.1) is 0 Å². The van der Waals surface area contributed by atoms with Crippen molar-refractivity contribution in [2.75, 3.05) is 0 Å². The molecule has 2 saturated carbocycles. The van der Waals surface area contributed by atoms with Crippen molar-refractivity contribution in [2.24, 2.45) is 22.7 Å². The summed E-state index contributed by atoms with van der Waals surface area (Å²) >= 11 is 0. The van der Waals surface area contributed by atoms with Crippen LogP contribution in [0.4, 0.5) is 0 Å². The van der Waals surface area contributed by atoms with Crippen LogP contribution in [0.1, 0.15) is 66.2 Å². The first-order chi connectivity index (χ1) is 13.6. The molecule has 0 amide bonds. The number of allylic oxidation sites excluding steroid dienone is 6. The third kappa shape index (κ3) is 3.21. The lowest BCUT2D eigenvalue weighted by Crippen LogP contribution is -2.48. The first-order valence-electron chi connectivity index (χ1n) is 10.8. The molecule has 0 aliphatic heterocycles. The predicted octanol–water partition coefficient (Wildman–Crippen LogP) is 5.41. The number of carbonyl (C=O) groups is 2. The molecule has 0 aromatic rings. The van der Waals surface area contributed by atoms with Crippen molar-refractivity contribution in [3.05, 3.63) is 47.3 Å². The molecular formula is C25H32O4. The fraction of sp³-hybridized carbons (Fsp3) is 0.600. The number of hydrogen-bond donors (Lipinski definition) is 0. The number of hydrogen-bond acceptors (Lipinski definition) is 4. The summed E-state index contributed by atoms with van der Waals surface area (Å²) in [5.74, 6) is 1.09. The van der Waals surface area contributed by atoms with Gasteiger partial charge in [-0.05, 0) is 66.9 Å². The molecule has 5 atom stereocenters. The number of fused-ring (bicyclic) bond motifs is 5. The van der Waals surface area contributed by atoms with Gasteiger partial charge in [-0.2, -0.15) is 0 Å². The molecule has 4 nitrogen and oxygen atoms in total. The van der Waals surface area contributed by atoms with Crippen molar-refractivity contribution in [3.63, 3.8) is 0 Å². The minimum Gasteiger partial charge on any atom is -0.463 e. The highest BCUT2D eigenvalue weighted by Gasteiger charge is 2.54. The predicted molar refractivity (Wildman–Crippen MR) is 112 cm³/mol. The van der Waals surface area contributed by atoms with E-state index in [9.17, 15) is 9.59 Å². The first kappa shape index (κ1) is 20.2. The fourth-order valence-corrected chi connectivity index (χ4v) is 6.52. The van der Waals surface area contributed by atoms with Crippen LogP contribution < -0.4 is 0 Å². The fourth-order valence-electron chi connectivity index (χ4n) is 6.52. The van der Waals surface area contributed by atoms with Gasteiger partial charge in [0.15, 0.2) is 0 Å². The lowest BCUT2D eigenvalue weighted by Gasteiger charge is -2.56. The van der Waals surface area contributed by atoms with Crippen LogP contribution in [-0.2, 0) is 19.1 Å². The molecule has 4 aliphatic rings. The maximum Gasteiger partial charge on any atom is 0.308 e. The van der Waals surface area contributed by atoms with Crippen molar-refractivity contribution in [3.8, 4) is 0 Å². The van der Waals surface area contributed by atoms with Gasteiger partial charge in [0.2, 0.25) is 0 Å². The Labute approximate surface area is 173 Å². The van der Waals surface area contributed by atoms with Gasteiger partial charge >= 0.3 is 11.9 Å². The number of carbonyl (C=O) groups excluding carboxylic acids is 2. The van der Waals surface area contributed by atoms with E-state index >= 15 is 0 Å². The van der Waals surface area contributed by atoms with Gasteiger partial charge in [-0.15, -0.1) is 0 Å². The molecule has 0 N–H and O–H groups in total. The van der Waals surface area contributed by atoms with Crippen LogP contribution >= 0.6 is 0 Å². The van der Waals surface area contributed by atoms with Gasteiger partial charge in [-0.3, -0.25) is 9.59 Å². The summed E-state index contributed by atoms with van der Waals surface area (Å²) in [6.45, 7) is 11.7. The largest absolute Gasteiger partial charge is 0.463 e. The van der Waals surface area contributed by atoms with Crippen LogP contribution in [0.3, 0.4) is 0 Å². The molecular weight excluding hydrogens is 364 g/mol. The van der Waals surface area contributed by atoms with Crippen LogP contribution in [0, 0.1) is 22.7 Å². The third-order valence-corrected chi connectivity index (χ3v) is 8.03. The highest BCUT2D eigenvalue weighted by atomic mass is 16.5. The molecule has 156 valence electrons. The maximum atomic E-state index is 11.4. The van der Waals surface area contributed by atoms with Crippen molar-refractivity contribution in [2.45, 2.75) is 72.3 Å². The zero-order valence-corrected chi connectivity index (χ0v) is 18.0. The normalized spacial score (nSPS) is 37.8. The molecule has 4 heteroatoms. The highest BCUT2D eigenvalue weighted by Crippen LogP contribution is 2.64. The summed E-state index contributed by atoms with van der Waals surface area (Å²) in [7, 11) is 0.